The van der Waals surface area contributed by atoms with Crippen LogP contribution in [0.25, 0.3) is 0 Å². The highest BCUT2D eigenvalue weighted by Crippen LogP contribution is 2.33. The quantitative estimate of drug-likeness (QED) is 0.802. The molecule has 1 aromatic carbocycles. The number of hydrogen-bond donors (Lipinski definition) is 2. The molecule has 2 N–H and O–H groups in total. The van der Waals surface area contributed by atoms with Gasteiger partial charge in [0.1, 0.15) is 5.82 Å². The summed E-state index contributed by atoms with van der Waals surface area (Å²) < 4.78 is 1.06. The molecule has 19 heavy (non-hydrogen) atoms. The Balaban J connectivity index is 1.97. The van der Waals surface area contributed by atoms with Gasteiger partial charge >= 0.3 is 0 Å². The Morgan fingerprint density at radius 1 is 1.32 bits per heavy atom. The number of aliphatic hydroxyl groups excluding tert-OH is 1. The SMILES string of the molecule is OC(c1ccccc1)N1CCNc2ncc(I)cc21. The van der Waals surface area contributed by atoms with E-state index in [4.69, 9.17) is 0 Å². The summed E-state index contributed by atoms with van der Waals surface area (Å²) in [4.78, 5) is 6.36. The Kier molecular flexibility index (Phi) is 3.56. The molecule has 2 heterocycles. The Morgan fingerprint density at radius 2 is 2.11 bits per heavy atom. The minimum absolute atomic E-state index is 0.637. The molecule has 1 unspecified atom stereocenters. The maximum atomic E-state index is 10.6. The van der Waals surface area contributed by atoms with Gasteiger partial charge in [0, 0.05) is 28.4 Å². The average molecular weight is 367 g/mol. The van der Waals surface area contributed by atoms with Crippen LogP contribution in [0.15, 0.2) is 42.6 Å². The number of halogens is 1. The predicted octanol–water partition coefficient (Wildman–Crippen LogP) is 2.61. The molecule has 1 atom stereocenters. The molecule has 0 radical (unpaired) electrons. The van der Waals surface area contributed by atoms with Crippen molar-refractivity contribution < 1.29 is 5.11 Å². The van der Waals surface area contributed by atoms with E-state index in [1.807, 2.05) is 47.5 Å². The van der Waals surface area contributed by atoms with Gasteiger partial charge in [0.2, 0.25) is 0 Å². The summed E-state index contributed by atoms with van der Waals surface area (Å²) in [5.41, 5.74) is 1.85. The molecule has 2 aromatic rings. The largest absolute Gasteiger partial charge is 0.369 e. The lowest BCUT2D eigenvalue weighted by Gasteiger charge is -2.35. The molecule has 0 spiro atoms. The number of pyridine rings is 1. The number of fused-ring (bicyclic) bond motifs is 1. The summed E-state index contributed by atoms with van der Waals surface area (Å²) in [7, 11) is 0. The van der Waals surface area contributed by atoms with E-state index in [1.54, 1.807) is 0 Å². The van der Waals surface area contributed by atoms with Crippen molar-refractivity contribution in [1.29, 1.82) is 0 Å². The minimum atomic E-state index is -0.637. The number of aromatic nitrogens is 1. The second-order valence-electron chi connectivity index (χ2n) is 4.43. The number of rotatable bonds is 2. The van der Waals surface area contributed by atoms with Gasteiger partial charge < -0.3 is 15.3 Å². The highest BCUT2D eigenvalue weighted by Gasteiger charge is 2.24. The van der Waals surface area contributed by atoms with Crippen LogP contribution in [0.1, 0.15) is 11.8 Å². The standard InChI is InChI=1S/C14H14IN3O/c15-11-8-12-13(17-9-11)16-6-7-18(12)14(19)10-4-2-1-3-5-10/h1-5,8-9,14,19H,6-7H2,(H,16,17). The van der Waals surface area contributed by atoms with E-state index in [0.717, 1.165) is 33.7 Å². The summed E-state index contributed by atoms with van der Waals surface area (Å²) in [6, 6.07) is 11.7. The van der Waals surface area contributed by atoms with Gasteiger partial charge in [-0.15, -0.1) is 0 Å². The molecule has 5 heteroatoms. The van der Waals surface area contributed by atoms with Gasteiger partial charge in [0.15, 0.2) is 6.23 Å². The van der Waals surface area contributed by atoms with E-state index in [2.05, 4.69) is 32.9 Å². The van der Waals surface area contributed by atoms with Gasteiger partial charge in [0.25, 0.3) is 0 Å². The highest BCUT2D eigenvalue weighted by atomic mass is 127. The second-order valence-corrected chi connectivity index (χ2v) is 5.67. The van der Waals surface area contributed by atoms with Crippen molar-refractivity contribution in [3.05, 3.63) is 51.7 Å². The predicted molar refractivity (Wildman–Crippen MR) is 84.2 cm³/mol. The van der Waals surface area contributed by atoms with Crippen molar-refractivity contribution in [2.45, 2.75) is 6.23 Å². The van der Waals surface area contributed by atoms with Crippen LogP contribution in [0.3, 0.4) is 0 Å². The number of nitrogens with one attached hydrogen (secondary N) is 1. The van der Waals surface area contributed by atoms with E-state index in [9.17, 15) is 5.11 Å². The molecule has 98 valence electrons. The van der Waals surface area contributed by atoms with Gasteiger partial charge in [0.05, 0.1) is 5.69 Å². The van der Waals surface area contributed by atoms with Crippen LogP contribution in [0.5, 0.6) is 0 Å². The summed E-state index contributed by atoms with van der Waals surface area (Å²) in [5, 5.41) is 13.8. The number of anilines is 2. The average Bonchev–Trinajstić information content (AvgIpc) is 2.47. The van der Waals surface area contributed by atoms with E-state index in [1.165, 1.54) is 0 Å². The fraction of sp³-hybridized carbons (Fsp3) is 0.214. The summed E-state index contributed by atoms with van der Waals surface area (Å²) in [6.45, 7) is 1.54. The van der Waals surface area contributed by atoms with Gasteiger partial charge in [-0.05, 0) is 28.7 Å². The molecule has 1 aliphatic rings. The maximum absolute atomic E-state index is 10.6. The van der Waals surface area contributed by atoms with Crippen molar-refractivity contribution in [2.24, 2.45) is 0 Å². The smallest absolute Gasteiger partial charge is 0.153 e. The van der Waals surface area contributed by atoms with Crippen LogP contribution in [0.4, 0.5) is 11.5 Å². The normalized spacial score (nSPS) is 15.6. The van der Waals surface area contributed by atoms with Crippen molar-refractivity contribution in [1.82, 2.24) is 4.98 Å². The fourth-order valence-corrected chi connectivity index (χ4v) is 2.69. The molecule has 0 saturated carbocycles. The van der Waals surface area contributed by atoms with Crippen LogP contribution < -0.4 is 10.2 Å². The molecule has 0 fully saturated rings. The molecule has 0 aliphatic carbocycles. The molecule has 4 nitrogen and oxygen atoms in total. The van der Waals surface area contributed by atoms with Gasteiger partial charge in [-0.25, -0.2) is 4.98 Å². The molecule has 0 bridgehead atoms. The summed E-state index contributed by atoms with van der Waals surface area (Å²) >= 11 is 2.24. The molecule has 1 aliphatic heterocycles. The highest BCUT2D eigenvalue weighted by molar-refractivity contribution is 14.1. The Morgan fingerprint density at radius 3 is 2.89 bits per heavy atom. The monoisotopic (exact) mass is 367 g/mol. The minimum Gasteiger partial charge on any atom is -0.369 e. The lowest BCUT2D eigenvalue weighted by molar-refractivity contribution is 0.172. The zero-order chi connectivity index (χ0) is 13.2. The van der Waals surface area contributed by atoms with Crippen LogP contribution in [0.2, 0.25) is 0 Å². The van der Waals surface area contributed by atoms with Crippen LogP contribution in [-0.2, 0) is 0 Å². The Labute approximate surface area is 125 Å². The third kappa shape index (κ3) is 2.52. The van der Waals surface area contributed by atoms with Crippen molar-refractivity contribution >= 4 is 34.1 Å². The van der Waals surface area contributed by atoms with E-state index < -0.39 is 6.23 Å². The lowest BCUT2D eigenvalue weighted by atomic mass is 10.1. The number of nitrogens with zero attached hydrogens (tertiary/aromatic N) is 2. The number of benzene rings is 1. The van der Waals surface area contributed by atoms with Gasteiger partial charge in [-0.3, -0.25) is 0 Å². The van der Waals surface area contributed by atoms with E-state index in [0.29, 0.717) is 0 Å². The third-order valence-corrected chi connectivity index (χ3v) is 3.77. The zero-order valence-electron chi connectivity index (χ0n) is 10.3. The van der Waals surface area contributed by atoms with Crippen LogP contribution in [0, 0.1) is 3.57 Å². The first-order valence-corrected chi connectivity index (χ1v) is 7.22. The van der Waals surface area contributed by atoms with Gasteiger partial charge in [-0.2, -0.15) is 0 Å². The lowest BCUT2D eigenvalue weighted by Crippen LogP contribution is -2.37. The van der Waals surface area contributed by atoms with Crippen molar-refractivity contribution in [3.8, 4) is 0 Å². The first-order valence-electron chi connectivity index (χ1n) is 6.15. The van der Waals surface area contributed by atoms with Crippen LogP contribution >= 0.6 is 22.6 Å². The molecular formula is C14H14IN3O. The first-order chi connectivity index (χ1) is 9.25. The zero-order valence-corrected chi connectivity index (χ0v) is 12.4. The molecule has 3 rings (SSSR count). The first kappa shape index (κ1) is 12.7. The van der Waals surface area contributed by atoms with E-state index >= 15 is 0 Å². The number of hydrogen-bond acceptors (Lipinski definition) is 4. The Hall–Kier alpha value is -1.34. The summed E-state index contributed by atoms with van der Waals surface area (Å²) in [5.74, 6) is 0.835. The van der Waals surface area contributed by atoms with Crippen molar-refractivity contribution in [2.75, 3.05) is 23.3 Å². The molecule has 1 aromatic heterocycles. The molecular weight excluding hydrogens is 353 g/mol. The second kappa shape index (κ2) is 5.34. The molecule has 0 saturated heterocycles. The number of aliphatic hydroxyl groups is 1. The van der Waals surface area contributed by atoms with E-state index in [-0.39, 0.29) is 0 Å². The topological polar surface area (TPSA) is 48.4 Å². The molecule has 0 amide bonds. The Bertz CT molecular complexity index is 576. The third-order valence-electron chi connectivity index (χ3n) is 3.18. The van der Waals surface area contributed by atoms with Gasteiger partial charge in [-0.1, -0.05) is 30.3 Å². The van der Waals surface area contributed by atoms with Crippen LogP contribution in [-0.4, -0.2) is 23.2 Å². The van der Waals surface area contributed by atoms with Crippen molar-refractivity contribution in [3.63, 3.8) is 0 Å². The maximum Gasteiger partial charge on any atom is 0.153 e. The fourth-order valence-electron chi connectivity index (χ4n) is 2.26. The summed E-state index contributed by atoms with van der Waals surface area (Å²) in [6.07, 6.45) is 1.19.